The van der Waals surface area contributed by atoms with E-state index in [-0.39, 0.29) is 28.3 Å². The summed E-state index contributed by atoms with van der Waals surface area (Å²) in [5.74, 6) is 0.556. The lowest BCUT2D eigenvalue weighted by molar-refractivity contribution is -0.384. The molecule has 2 heterocycles. The van der Waals surface area contributed by atoms with Crippen LogP contribution in [0.5, 0.6) is 0 Å². The van der Waals surface area contributed by atoms with Crippen LogP contribution < -0.4 is 0 Å². The highest BCUT2D eigenvalue weighted by Gasteiger charge is 2.34. The number of amides is 2. The largest absolute Gasteiger partial charge is 0.457 e. The summed E-state index contributed by atoms with van der Waals surface area (Å²) >= 11 is 0.846. The van der Waals surface area contributed by atoms with Crippen LogP contribution in [0, 0.1) is 17.0 Å². The summed E-state index contributed by atoms with van der Waals surface area (Å²) in [6.45, 7) is 5.44. The van der Waals surface area contributed by atoms with Gasteiger partial charge in [0, 0.05) is 30.3 Å². The van der Waals surface area contributed by atoms with Crippen LogP contribution in [0.4, 0.5) is 10.5 Å². The normalized spacial score (nSPS) is 15.7. The number of carbonyl (C=O) groups is 2. The number of rotatable bonds is 5. The van der Waals surface area contributed by atoms with Crippen molar-refractivity contribution < 1.29 is 18.9 Å². The Balaban J connectivity index is 1.87. The summed E-state index contributed by atoms with van der Waals surface area (Å²) in [6.07, 6.45) is 3.00. The van der Waals surface area contributed by atoms with Gasteiger partial charge in [-0.2, -0.15) is 0 Å². The summed E-state index contributed by atoms with van der Waals surface area (Å²) in [5, 5.41) is 10.5. The molecule has 0 N–H and O–H groups in total. The standard InChI is InChI=1S/C18H14N2O5S/c1-3-8-19-17(21)16(26-18(19)22)10-13-5-7-15(25-13)14-6-4-12(20(23)24)9-11(14)2/h3-7,9-10H,1,8H2,2H3/b16-10+. The van der Waals surface area contributed by atoms with Gasteiger partial charge in [-0.25, -0.2) is 0 Å². The van der Waals surface area contributed by atoms with E-state index in [1.54, 1.807) is 25.1 Å². The molecule has 0 radical (unpaired) electrons. The van der Waals surface area contributed by atoms with Gasteiger partial charge in [0.25, 0.3) is 16.8 Å². The Labute approximate surface area is 153 Å². The zero-order valence-electron chi connectivity index (χ0n) is 13.8. The topological polar surface area (TPSA) is 93.7 Å². The first-order chi connectivity index (χ1) is 12.4. The highest BCUT2D eigenvalue weighted by molar-refractivity contribution is 8.18. The average Bonchev–Trinajstić information content (AvgIpc) is 3.15. The molecule has 1 aliphatic heterocycles. The van der Waals surface area contributed by atoms with Gasteiger partial charge in [-0.05, 0) is 42.4 Å². The third-order valence-corrected chi connectivity index (χ3v) is 4.68. The molecule has 7 nitrogen and oxygen atoms in total. The minimum Gasteiger partial charge on any atom is -0.457 e. The number of carbonyl (C=O) groups excluding carboxylic acids is 2. The van der Waals surface area contributed by atoms with Crippen LogP contribution in [-0.2, 0) is 4.79 Å². The average molecular weight is 370 g/mol. The molecule has 2 amide bonds. The summed E-state index contributed by atoms with van der Waals surface area (Å²) in [4.78, 5) is 35.8. The quantitative estimate of drug-likeness (QED) is 0.335. The fourth-order valence-corrected chi connectivity index (χ4v) is 3.36. The number of thioether (sulfide) groups is 1. The number of non-ortho nitro benzene ring substituents is 1. The van der Waals surface area contributed by atoms with E-state index in [0.717, 1.165) is 22.2 Å². The van der Waals surface area contributed by atoms with E-state index in [9.17, 15) is 19.7 Å². The molecule has 1 fully saturated rings. The van der Waals surface area contributed by atoms with E-state index in [1.807, 2.05) is 0 Å². The lowest BCUT2D eigenvalue weighted by Crippen LogP contribution is -2.27. The number of hydrogen-bond donors (Lipinski definition) is 0. The number of nitro groups is 1. The van der Waals surface area contributed by atoms with Crippen molar-refractivity contribution in [2.24, 2.45) is 0 Å². The van der Waals surface area contributed by atoms with Gasteiger partial charge >= 0.3 is 0 Å². The van der Waals surface area contributed by atoms with E-state index in [4.69, 9.17) is 4.42 Å². The highest BCUT2D eigenvalue weighted by Crippen LogP contribution is 2.34. The maximum atomic E-state index is 12.2. The molecule has 8 heteroatoms. The maximum absolute atomic E-state index is 12.2. The highest BCUT2D eigenvalue weighted by atomic mass is 32.2. The van der Waals surface area contributed by atoms with E-state index < -0.39 is 4.92 Å². The Morgan fingerprint density at radius 1 is 1.31 bits per heavy atom. The van der Waals surface area contributed by atoms with Crippen LogP contribution in [0.25, 0.3) is 17.4 Å². The molecule has 26 heavy (non-hydrogen) atoms. The number of nitrogens with zero attached hydrogens (tertiary/aromatic N) is 2. The monoisotopic (exact) mass is 370 g/mol. The Morgan fingerprint density at radius 3 is 2.73 bits per heavy atom. The smallest absolute Gasteiger partial charge is 0.293 e. The number of nitro benzene ring substituents is 1. The van der Waals surface area contributed by atoms with Crippen molar-refractivity contribution in [2.45, 2.75) is 6.92 Å². The van der Waals surface area contributed by atoms with Crippen molar-refractivity contribution in [1.29, 1.82) is 0 Å². The molecule has 1 saturated heterocycles. The third-order valence-electron chi connectivity index (χ3n) is 3.77. The Kier molecular flexibility index (Phi) is 4.77. The van der Waals surface area contributed by atoms with E-state index >= 15 is 0 Å². The van der Waals surface area contributed by atoms with Crippen LogP contribution in [0.1, 0.15) is 11.3 Å². The fraction of sp³-hybridized carbons (Fsp3) is 0.111. The van der Waals surface area contributed by atoms with Gasteiger partial charge in [0.1, 0.15) is 11.5 Å². The predicted octanol–water partition coefficient (Wildman–Crippen LogP) is 4.39. The molecule has 0 saturated carbocycles. The second kappa shape index (κ2) is 7.01. The number of benzene rings is 1. The molecule has 1 aliphatic rings. The van der Waals surface area contributed by atoms with Crippen LogP contribution >= 0.6 is 11.8 Å². The van der Waals surface area contributed by atoms with Gasteiger partial charge in [0.2, 0.25) is 0 Å². The van der Waals surface area contributed by atoms with Crippen LogP contribution in [-0.4, -0.2) is 27.5 Å². The maximum Gasteiger partial charge on any atom is 0.293 e. The fourth-order valence-electron chi connectivity index (χ4n) is 2.53. The first kappa shape index (κ1) is 17.7. The molecule has 1 aromatic carbocycles. The molecule has 1 aromatic heterocycles. The number of aryl methyl sites for hydroxylation is 1. The molecule has 2 aromatic rings. The minimum absolute atomic E-state index is 0.00826. The summed E-state index contributed by atoms with van der Waals surface area (Å²) < 4.78 is 5.73. The number of furan rings is 1. The van der Waals surface area contributed by atoms with Crippen molar-refractivity contribution in [1.82, 2.24) is 4.90 Å². The van der Waals surface area contributed by atoms with Crippen molar-refractivity contribution in [3.8, 4) is 11.3 Å². The third kappa shape index (κ3) is 3.31. The SMILES string of the molecule is C=CCN1C(=O)S/C(=C/c2ccc(-c3ccc([N+](=O)[O-])cc3C)o2)C1=O. The van der Waals surface area contributed by atoms with Crippen molar-refractivity contribution >= 4 is 34.7 Å². The number of hydrogen-bond acceptors (Lipinski definition) is 6. The molecule has 0 bridgehead atoms. The number of imide groups is 1. The van der Waals surface area contributed by atoms with Crippen LogP contribution in [0.15, 0.2) is 52.3 Å². The van der Waals surface area contributed by atoms with Crippen LogP contribution in [0.2, 0.25) is 0 Å². The second-order valence-corrected chi connectivity index (χ2v) is 6.53. The summed E-state index contributed by atoms with van der Waals surface area (Å²) in [6, 6.07) is 7.89. The Morgan fingerprint density at radius 2 is 2.08 bits per heavy atom. The van der Waals surface area contributed by atoms with E-state index in [2.05, 4.69) is 6.58 Å². The molecular weight excluding hydrogens is 356 g/mol. The second-order valence-electron chi connectivity index (χ2n) is 5.54. The Bertz CT molecular complexity index is 960. The van der Waals surface area contributed by atoms with Crippen molar-refractivity contribution in [3.05, 3.63) is 69.3 Å². The van der Waals surface area contributed by atoms with Gasteiger partial charge < -0.3 is 4.42 Å². The minimum atomic E-state index is -0.455. The van der Waals surface area contributed by atoms with Gasteiger partial charge in [0.05, 0.1) is 9.83 Å². The molecule has 0 spiro atoms. The first-order valence-corrected chi connectivity index (χ1v) is 8.44. The van der Waals surface area contributed by atoms with Crippen molar-refractivity contribution in [2.75, 3.05) is 6.54 Å². The van der Waals surface area contributed by atoms with Crippen LogP contribution in [0.3, 0.4) is 0 Å². The van der Waals surface area contributed by atoms with Gasteiger partial charge in [-0.15, -0.1) is 6.58 Å². The van der Waals surface area contributed by atoms with Gasteiger partial charge in [-0.3, -0.25) is 24.6 Å². The lowest BCUT2D eigenvalue weighted by atomic mass is 10.1. The first-order valence-electron chi connectivity index (χ1n) is 7.62. The van der Waals surface area contributed by atoms with Crippen molar-refractivity contribution in [3.63, 3.8) is 0 Å². The molecule has 0 atom stereocenters. The molecule has 0 aliphatic carbocycles. The summed E-state index contributed by atoms with van der Waals surface area (Å²) in [7, 11) is 0. The van der Waals surface area contributed by atoms with Gasteiger partial charge in [-0.1, -0.05) is 6.08 Å². The Hall–Kier alpha value is -3.13. The molecular formula is C18H14N2O5S. The summed E-state index contributed by atoms with van der Waals surface area (Å²) in [5.41, 5.74) is 1.43. The zero-order chi connectivity index (χ0) is 18.8. The predicted molar refractivity (Wildman–Crippen MR) is 98.4 cm³/mol. The van der Waals surface area contributed by atoms with Gasteiger partial charge in [0.15, 0.2) is 0 Å². The van der Waals surface area contributed by atoms with E-state index in [1.165, 1.54) is 24.3 Å². The molecule has 132 valence electrons. The zero-order valence-corrected chi connectivity index (χ0v) is 14.6. The van der Waals surface area contributed by atoms with E-state index in [0.29, 0.717) is 17.1 Å². The molecule has 3 rings (SSSR count). The lowest BCUT2D eigenvalue weighted by Gasteiger charge is -2.07. The molecule has 0 unspecified atom stereocenters.